The summed E-state index contributed by atoms with van der Waals surface area (Å²) in [6.07, 6.45) is -0.955. The minimum absolute atomic E-state index is 0.0446. The monoisotopic (exact) mass is 258 g/mol. The standard InChI is InChI=1S/C12H18O4S/c1-2-16-8-12(13)10-17(14,15)9-11-6-4-3-5-7-11/h3-7,12-13H,2,8-10H2,1H3/t12-/m0/s1. The van der Waals surface area contributed by atoms with Gasteiger partial charge >= 0.3 is 0 Å². The first-order chi connectivity index (χ1) is 8.03. The van der Waals surface area contributed by atoms with Crippen LogP contribution < -0.4 is 0 Å². The average Bonchev–Trinajstić information content (AvgIpc) is 2.26. The van der Waals surface area contributed by atoms with E-state index in [0.717, 1.165) is 5.56 Å². The average molecular weight is 258 g/mol. The maximum absolute atomic E-state index is 11.8. The molecule has 17 heavy (non-hydrogen) atoms. The molecule has 1 aromatic rings. The lowest BCUT2D eigenvalue weighted by molar-refractivity contribution is 0.0542. The first kappa shape index (κ1) is 14.2. The van der Waals surface area contributed by atoms with E-state index in [9.17, 15) is 13.5 Å². The molecule has 0 bridgehead atoms. The number of benzene rings is 1. The third-order valence-corrected chi connectivity index (χ3v) is 3.86. The molecule has 0 spiro atoms. The molecule has 0 unspecified atom stereocenters. The maximum Gasteiger partial charge on any atom is 0.157 e. The molecule has 1 atom stereocenters. The van der Waals surface area contributed by atoms with Crippen molar-refractivity contribution < 1.29 is 18.3 Å². The highest BCUT2D eigenvalue weighted by molar-refractivity contribution is 7.90. The Balaban J connectivity index is 2.52. The summed E-state index contributed by atoms with van der Waals surface area (Å²) in [5.74, 6) is -0.307. The quantitative estimate of drug-likeness (QED) is 0.792. The van der Waals surface area contributed by atoms with E-state index in [-0.39, 0.29) is 18.1 Å². The molecule has 0 fully saturated rings. The fourth-order valence-electron chi connectivity index (χ4n) is 1.48. The molecular weight excluding hydrogens is 240 g/mol. The number of rotatable bonds is 7. The van der Waals surface area contributed by atoms with E-state index < -0.39 is 15.9 Å². The van der Waals surface area contributed by atoms with Gasteiger partial charge in [0, 0.05) is 6.61 Å². The molecule has 0 saturated heterocycles. The Kier molecular flexibility index (Phi) is 5.61. The van der Waals surface area contributed by atoms with Crippen LogP contribution >= 0.6 is 0 Å². The highest BCUT2D eigenvalue weighted by atomic mass is 32.2. The Bertz CT molecular complexity index is 413. The number of hydrogen-bond acceptors (Lipinski definition) is 4. The molecule has 1 aromatic carbocycles. The first-order valence-corrected chi connectivity index (χ1v) is 7.36. The van der Waals surface area contributed by atoms with Gasteiger partial charge in [-0.15, -0.1) is 0 Å². The first-order valence-electron chi connectivity index (χ1n) is 5.53. The SMILES string of the molecule is CCOC[C@H](O)CS(=O)(=O)Cc1ccccc1. The van der Waals surface area contributed by atoms with Gasteiger partial charge < -0.3 is 9.84 Å². The van der Waals surface area contributed by atoms with Gasteiger partial charge in [-0.3, -0.25) is 0 Å². The molecule has 1 N–H and O–H groups in total. The summed E-state index contributed by atoms with van der Waals surface area (Å²) >= 11 is 0. The molecule has 0 amide bonds. The smallest absolute Gasteiger partial charge is 0.157 e. The molecule has 0 aliphatic carbocycles. The second-order valence-corrected chi connectivity index (χ2v) is 5.96. The fourth-order valence-corrected chi connectivity index (χ4v) is 2.98. The highest BCUT2D eigenvalue weighted by Gasteiger charge is 2.17. The summed E-state index contributed by atoms with van der Waals surface area (Å²) in [7, 11) is -3.29. The Morgan fingerprint density at radius 1 is 1.29 bits per heavy atom. The molecule has 1 rings (SSSR count). The minimum Gasteiger partial charge on any atom is -0.390 e. The predicted molar refractivity (Wildman–Crippen MR) is 66.4 cm³/mol. The van der Waals surface area contributed by atoms with E-state index in [1.165, 1.54) is 0 Å². The topological polar surface area (TPSA) is 63.6 Å². The van der Waals surface area contributed by atoms with E-state index in [4.69, 9.17) is 4.74 Å². The van der Waals surface area contributed by atoms with Gasteiger partial charge in [-0.2, -0.15) is 0 Å². The number of ether oxygens (including phenoxy) is 1. The van der Waals surface area contributed by atoms with Crippen molar-refractivity contribution in [1.82, 2.24) is 0 Å². The lowest BCUT2D eigenvalue weighted by Gasteiger charge is -2.11. The number of sulfone groups is 1. The van der Waals surface area contributed by atoms with Gasteiger partial charge in [0.25, 0.3) is 0 Å². The zero-order valence-electron chi connectivity index (χ0n) is 9.87. The Morgan fingerprint density at radius 3 is 2.53 bits per heavy atom. The van der Waals surface area contributed by atoms with Crippen molar-refractivity contribution in [3.05, 3.63) is 35.9 Å². The lowest BCUT2D eigenvalue weighted by Crippen LogP contribution is -2.26. The van der Waals surface area contributed by atoms with Crippen LogP contribution in [0.5, 0.6) is 0 Å². The molecular formula is C12H18O4S. The predicted octanol–water partition coefficient (Wildman–Crippen LogP) is 0.999. The van der Waals surface area contributed by atoms with Crippen LogP contribution in [0.15, 0.2) is 30.3 Å². The molecule has 5 heteroatoms. The summed E-state index contributed by atoms with van der Waals surface area (Å²) in [4.78, 5) is 0. The third-order valence-electron chi connectivity index (χ3n) is 2.19. The van der Waals surface area contributed by atoms with Gasteiger partial charge in [-0.1, -0.05) is 30.3 Å². The number of aliphatic hydroxyl groups excluding tert-OH is 1. The van der Waals surface area contributed by atoms with Gasteiger partial charge in [0.2, 0.25) is 0 Å². The van der Waals surface area contributed by atoms with E-state index >= 15 is 0 Å². The van der Waals surface area contributed by atoms with E-state index in [2.05, 4.69) is 0 Å². The molecule has 0 aliphatic heterocycles. The van der Waals surface area contributed by atoms with Gasteiger partial charge in [0.1, 0.15) is 0 Å². The highest BCUT2D eigenvalue weighted by Crippen LogP contribution is 2.07. The Morgan fingerprint density at radius 2 is 1.94 bits per heavy atom. The normalized spacial score (nSPS) is 13.5. The largest absolute Gasteiger partial charge is 0.390 e. The minimum atomic E-state index is -3.29. The molecule has 0 aliphatic rings. The van der Waals surface area contributed by atoms with E-state index in [1.54, 1.807) is 31.2 Å². The Hall–Kier alpha value is -0.910. The summed E-state index contributed by atoms with van der Waals surface area (Å²) in [5, 5.41) is 9.49. The molecule has 0 radical (unpaired) electrons. The molecule has 0 heterocycles. The van der Waals surface area contributed by atoms with Crippen LogP contribution in [0.1, 0.15) is 12.5 Å². The maximum atomic E-state index is 11.8. The summed E-state index contributed by atoms with van der Waals surface area (Å²) in [5.41, 5.74) is 0.733. The molecule has 4 nitrogen and oxygen atoms in total. The van der Waals surface area contributed by atoms with Crippen molar-refractivity contribution in [1.29, 1.82) is 0 Å². The van der Waals surface area contributed by atoms with Crippen LogP contribution in [-0.4, -0.2) is 38.6 Å². The Labute approximate surface area is 102 Å². The van der Waals surface area contributed by atoms with Crippen LogP contribution in [0.3, 0.4) is 0 Å². The molecule has 0 aromatic heterocycles. The zero-order chi connectivity index (χ0) is 12.7. The van der Waals surface area contributed by atoms with Crippen molar-refractivity contribution in [2.45, 2.75) is 18.8 Å². The van der Waals surface area contributed by atoms with Crippen LogP contribution in [0.25, 0.3) is 0 Å². The van der Waals surface area contributed by atoms with Crippen LogP contribution in [-0.2, 0) is 20.3 Å². The van der Waals surface area contributed by atoms with Crippen molar-refractivity contribution in [2.75, 3.05) is 19.0 Å². The van der Waals surface area contributed by atoms with Crippen molar-refractivity contribution in [3.8, 4) is 0 Å². The van der Waals surface area contributed by atoms with Gasteiger partial charge in [0.05, 0.1) is 24.2 Å². The van der Waals surface area contributed by atoms with Crippen LogP contribution in [0.4, 0.5) is 0 Å². The van der Waals surface area contributed by atoms with Crippen molar-refractivity contribution in [3.63, 3.8) is 0 Å². The third kappa shape index (κ3) is 5.81. The van der Waals surface area contributed by atoms with Crippen molar-refractivity contribution >= 4 is 9.84 Å². The summed E-state index contributed by atoms with van der Waals surface area (Å²) < 4.78 is 28.5. The van der Waals surface area contributed by atoms with Crippen LogP contribution in [0.2, 0.25) is 0 Å². The second kappa shape index (κ2) is 6.74. The van der Waals surface area contributed by atoms with E-state index in [1.807, 2.05) is 6.07 Å². The number of aliphatic hydroxyl groups is 1. The zero-order valence-corrected chi connectivity index (χ0v) is 10.7. The summed E-state index contributed by atoms with van der Waals surface area (Å²) in [6.45, 7) is 2.32. The molecule has 96 valence electrons. The lowest BCUT2D eigenvalue weighted by atomic mass is 10.2. The van der Waals surface area contributed by atoms with Gasteiger partial charge in [0.15, 0.2) is 9.84 Å². The van der Waals surface area contributed by atoms with E-state index in [0.29, 0.717) is 6.61 Å². The fraction of sp³-hybridized carbons (Fsp3) is 0.500. The number of hydrogen-bond donors (Lipinski definition) is 1. The van der Waals surface area contributed by atoms with Crippen LogP contribution in [0, 0.1) is 0 Å². The molecule has 0 saturated carbocycles. The summed E-state index contributed by atoms with van der Waals surface area (Å²) in [6, 6.07) is 8.93. The second-order valence-electron chi connectivity index (χ2n) is 3.85. The van der Waals surface area contributed by atoms with Gasteiger partial charge in [-0.05, 0) is 12.5 Å². The van der Waals surface area contributed by atoms with Gasteiger partial charge in [-0.25, -0.2) is 8.42 Å². The van der Waals surface area contributed by atoms with Crippen molar-refractivity contribution in [2.24, 2.45) is 0 Å².